The van der Waals surface area contributed by atoms with Gasteiger partial charge in [-0.05, 0) is 89.5 Å². The van der Waals surface area contributed by atoms with Crippen molar-refractivity contribution in [1.82, 2.24) is 0 Å². The predicted molar refractivity (Wildman–Crippen MR) is 382 cm³/mol. The Morgan fingerprint density at radius 2 is 0.737 bits per heavy atom. The first-order valence-electron chi connectivity index (χ1n) is 35.7. The minimum absolute atomic E-state index is 0.0753. The predicted octanol–water partition coefficient (Wildman–Crippen LogP) is -5.39. The van der Waals surface area contributed by atoms with Gasteiger partial charge in [0, 0.05) is 30.4 Å². The van der Waals surface area contributed by atoms with Crippen molar-refractivity contribution in [3.63, 3.8) is 0 Å². The third-order valence-corrected chi connectivity index (χ3v) is 19.1. The third kappa shape index (κ3) is 20.8. The number of rotatable bonds is 28. The smallest absolute Gasteiger partial charge is 0.330 e. The van der Waals surface area contributed by atoms with Crippen LogP contribution in [0, 0.1) is 0 Å². The molecule has 5 fully saturated rings. The third-order valence-electron chi connectivity index (χ3n) is 19.1. The Morgan fingerprint density at radius 3 is 1.15 bits per heavy atom. The number of carbonyl (C=O) groups excluding carboxylic acids is 4. The molecule has 5 saturated heterocycles. The second-order valence-electron chi connectivity index (χ2n) is 27.4. The number of carbonyl (C=O) groups is 5. The van der Waals surface area contributed by atoms with Gasteiger partial charge in [0.05, 0.1) is 18.2 Å². The monoisotopic (exact) mass is 1670 g/mol. The molecule has 640 valence electrons. The summed E-state index contributed by atoms with van der Waals surface area (Å²) >= 11 is 0. The molecule has 0 spiro atoms. The van der Waals surface area contributed by atoms with Gasteiger partial charge in [0.2, 0.25) is 31.5 Å². The van der Waals surface area contributed by atoms with Crippen LogP contribution in [0.15, 0.2) is 109 Å². The molecule has 0 bridgehead atoms. The van der Waals surface area contributed by atoms with E-state index < -0.39 is 275 Å². The van der Waals surface area contributed by atoms with E-state index in [-0.39, 0.29) is 50.8 Å². The van der Waals surface area contributed by atoms with Crippen LogP contribution in [0.5, 0.6) is 63.2 Å². The zero-order chi connectivity index (χ0) is 85.4. The fourth-order valence-corrected chi connectivity index (χ4v) is 12.5. The van der Waals surface area contributed by atoms with Crippen molar-refractivity contribution in [2.45, 2.75) is 166 Å². The van der Waals surface area contributed by atoms with Crippen LogP contribution in [-0.4, -0.2) is 339 Å². The lowest BCUT2D eigenvalue weighted by atomic mass is 9.98. The Hall–Kier alpha value is -10.8. The summed E-state index contributed by atoms with van der Waals surface area (Å²) in [7, 11) is 0. The highest BCUT2D eigenvalue weighted by molar-refractivity contribution is 5.90. The molecule has 5 aromatic carbocycles. The number of fused-ring (bicyclic) bond motifs is 1. The molecule has 24 N–H and O–H groups in total. The molecule has 118 heavy (non-hydrogen) atoms. The number of phenolic OH excluding ortho intramolecular Hbond substituents is 6. The summed E-state index contributed by atoms with van der Waals surface area (Å²) in [5, 5.41) is 244. The van der Waals surface area contributed by atoms with Gasteiger partial charge in [0.15, 0.2) is 51.8 Å². The highest BCUT2D eigenvalue weighted by Gasteiger charge is 2.52. The highest BCUT2D eigenvalue weighted by atomic mass is 16.7. The van der Waals surface area contributed by atoms with Crippen molar-refractivity contribution in [3.8, 4) is 63.2 Å². The Labute approximate surface area is 663 Å². The number of phenols is 6. The zero-order valence-electron chi connectivity index (χ0n) is 60.9. The van der Waals surface area contributed by atoms with Crippen LogP contribution in [0.2, 0.25) is 0 Å². The largest absolute Gasteiger partial charge is 0.571 e. The number of carboxylic acids is 1. The second kappa shape index (κ2) is 38.3. The molecule has 43 nitrogen and oxygen atoms in total. The maximum atomic E-state index is 13.2. The van der Waals surface area contributed by atoms with Crippen molar-refractivity contribution in [2.75, 3.05) is 33.0 Å². The molecule has 5 aromatic rings. The number of aliphatic carboxylic acids is 1. The van der Waals surface area contributed by atoms with Crippen LogP contribution in [0.25, 0.3) is 24.3 Å². The second-order valence-corrected chi connectivity index (χ2v) is 27.4. The van der Waals surface area contributed by atoms with Crippen molar-refractivity contribution in [2.24, 2.45) is 0 Å². The first-order valence-corrected chi connectivity index (χ1v) is 35.7. The van der Waals surface area contributed by atoms with E-state index in [0.29, 0.717) is 0 Å². The van der Waals surface area contributed by atoms with E-state index in [1.165, 1.54) is 42.5 Å². The Morgan fingerprint density at radius 1 is 0.364 bits per heavy atom. The summed E-state index contributed by atoms with van der Waals surface area (Å²) in [6, 6.07) is 16.3. The maximum Gasteiger partial charge on any atom is 0.330 e. The van der Waals surface area contributed by atoms with Gasteiger partial charge in [0.25, 0.3) is 11.9 Å². The molecular formula is C75H83O43+. The molecule has 6 aliphatic heterocycles. The SMILES string of the molecule is O=C(O)CC(=O)OCC1OC(OC2=Cc3c(O)cc(OC4OC(COC(=O)C=Cc5ccc(O)c(O)c5)C(O)C(O)C4O)cc3[OH+]C2c2ccc(O)c(OC3OC(COC(=O)C=Cc4ccc(OC5OC(COC(=O)C=Cc6ccc(OC7OC(CO)C(O)C(O)C7O)c(O)c6)C(O)C(O)C5O)c(O)c4)C(O)C(O)C3O)c2)C(O)C(O)C1O. The summed E-state index contributed by atoms with van der Waals surface area (Å²) in [5.74, 6) is -11.6. The first-order chi connectivity index (χ1) is 56.0. The van der Waals surface area contributed by atoms with Gasteiger partial charge in [-0.15, -0.1) is 0 Å². The number of aromatic hydroxyl groups is 7. The van der Waals surface area contributed by atoms with E-state index in [1.807, 2.05) is 0 Å². The molecule has 6 heterocycles. The molecule has 26 unspecified atom stereocenters. The lowest BCUT2D eigenvalue weighted by Crippen LogP contribution is -2.60. The average Bonchev–Trinajstić information content (AvgIpc) is 0.763. The van der Waals surface area contributed by atoms with E-state index in [4.69, 9.17) is 76.2 Å². The molecule has 0 amide bonds. The van der Waals surface area contributed by atoms with Crippen molar-refractivity contribution >= 4 is 54.2 Å². The Balaban J connectivity index is 0.726. The standard InChI is InChI=1S/C75H82O43/c76-23-45-55(89)60(94)66(100)72(114-45)110-40-10-2-29(16-38(40)81)5-13-52(86)105-25-47-57(91)62(96)67(101)73(116-47)111-41-11-3-30(17-39(41)82)6-14-53(87)106-26-48-58(92)63(97)68(102)74(117-48)112-43-18-31(7-9-35(43)78)70-44(113-75-69(103)64(98)59(93)49(118-75)27-107-54(88)22-50(83)84)21-33-36(79)19-32(20-42(33)109-70)108-71-65(99)61(95)56(90)46(115-71)24-104-51(85)12-4-28-1-8-34(77)37(80)15-28/h1-21,45-49,55-82,89-103H,22-27H2,(H,83,84)/p+1. The Bertz CT molecular complexity index is 4510. The van der Waals surface area contributed by atoms with Crippen LogP contribution in [-0.2, 0) is 71.3 Å². The number of carboxylic acid groups (broad SMARTS) is 1. The van der Waals surface area contributed by atoms with Crippen LogP contribution in [0.3, 0.4) is 0 Å². The molecule has 11 rings (SSSR count). The van der Waals surface area contributed by atoms with Gasteiger partial charge in [0.1, 0.15) is 172 Å². The highest BCUT2D eigenvalue weighted by Crippen LogP contribution is 2.48. The van der Waals surface area contributed by atoms with Gasteiger partial charge in [-0.1, -0.05) is 18.2 Å². The molecule has 26 atom stereocenters. The van der Waals surface area contributed by atoms with Crippen LogP contribution >= 0.6 is 0 Å². The molecule has 0 radical (unpaired) electrons. The normalized spacial score (nSPS) is 32.2. The van der Waals surface area contributed by atoms with E-state index in [0.717, 1.165) is 85.0 Å². The molecule has 0 saturated carbocycles. The van der Waals surface area contributed by atoms with E-state index in [2.05, 4.69) is 0 Å². The summed E-state index contributed by atoms with van der Waals surface area (Å²) in [5.41, 5.74) is 0.302. The van der Waals surface area contributed by atoms with Gasteiger partial charge in [-0.25, -0.2) is 14.4 Å². The van der Waals surface area contributed by atoms with Gasteiger partial charge in [-0.3, -0.25) is 9.59 Å². The summed E-state index contributed by atoms with van der Waals surface area (Å²) < 4.78 is 82.4. The van der Waals surface area contributed by atoms with E-state index in [9.17, 15) is 136 Å². The van der Waals surface area contributed by atoms with Gasteiger partial charge < -0.3 is 189 Å². The van der Waals surface area contributed by atoms with Crippen LogP contribution < -0.4 is 18.9 Å². The number of ether oxygens (including phenoxy) is 15. The van der Waals surface area contributed by atoms with Gasteiger partial charge in [-0.2, -0.15) is 0 Å². The number of hydrogen-bond donors (Lipinski definition) is 23. The van der Waals surface area contributed by atoms with Crippen molar-refractivity contribution in [1.29, 1.82) is 0 Å². The fourth-order valence-electron chi connectivity index (χ4n) is 12.5. The first kappa shape index (κ1) is 88.0. The van der Waals surface area contributed by atoms with Crippen LogP contribution in [0.1, 0.15) is 40.3 Å². The summed E-state index contributed by atoms with van der Waals surface area (Å²) in [6.07, 6.45) is -42.0. The molecule has 0 aliphatic carbocycles. The molecule has 0 aromatic heterocycles. The van der Waals surface area contributed by atoms with E-state index >= 15 is 0 Å². The van der Waals surface area contributed by atoms with Crippen molar-refractivity contribution in [3.05, 3.63) is 137 Å². The fraction of sp³-hybridized carbons (Fsp3) is 0.427. The minimum atomic E-state index is -2.14. The molecule has 6 aliphatic rings. The zero-order valence-corrected chi connectivity index (χ0v) is 60.9. The summed E-state index contributed by atoms with van der Waals surface area (Å²) in [6.45, 7) is -3.98. The molecule has 43 heteroatoms. The number of hydrogen-bond acceptors (Lipinski definition) is 41. The number of benzene rings is 5. The Kier molecular flexibility index (Phi) is 28.5. The number of aliphatic hydroxyl groups is 17. The van der Waals surface area contributed by atoms with Gasteiger partial charge >= 0.3 is 29.8 Å². The average molecular weight is 1670 g/mol. The summed E-state index contributed by atoms with van der Waals surface area (Å²) in [4.78, 5) is 62.0. The lowest BCUT2D eigenvalue weighted by Gasteiger charge is -2.41. The number of aliphatic hydroxyl groups excluding tert-OH is 16. The van der Waals surface area contributed by atoms with E-state index in [1.54, 1.807) is 0 Å². The topological polar surface area (TPSA) is 693 Å². The number of esters is 4. The quantitative estimate of drug-likeness (QED) is 0.00555. The minimum Gasteiger partial charge on any atom is -0.571 e. The molecular weight excluding hydrogens is 1590 g/mol. The van der Waals surface area contributed by atoms with Crippen molar-refractivity contribution < 1.29 is 212 Å². The van der Waals surface area contributed by atoms with Crippen LogP contribution in [0.4, 0.5) is 0 Å². The lowest BCUT2D eigenvalue weighted by molar-refractivity contribution is -0.296. The maximum absolute atomic E-state index is 13.2.